The number of hydrogen-bond donors (Lipinski definition) is 1. The zero-order chi connectivity index (χ0) is 23.2. The van der Waals surface area contributed by atoms with Crippen molar-refractivity contribution in [2.24, 2.45) is 11.3 Å². The first kappa shape index (κ1) is 22.5. The largest absolute Gasteiger partial charge is 0.494 e. The second-order valence-electron chi connectivity index (χ2n) is 10.3. The molecule has 6 rings (SSSR count). The Morgan fingerprint density at radius 3 is 2.67 bits per heavy atom. The molecule has 0 aromatic heterocycles. The zero-order valence-electron chi connectivity index (χ0n) is 19.7. The van der Waals surface area contributed by atoms with E-state index in [-0.39, 0.29) is 23.7 Å². The molecule has 176 valence electrons. The van der Waals surface area contributed by atoms with Gasteiger partial charge < -0.3 is 14.8 Å². The van der Waals surface area contributed by atoms with Gasteiger partial charge in [0.1, 0.15) is 11.9 Å². The normalized spacial score (nSPS) is 27.2. The molecule has 1 aliphatic carbocycles. The lowest BCUT2D eigenvalue weighted by Gasteiger charge is -2.44. The highest BCUT2D eigenvalue weighted by Gasteiger charge is 2.42. The van der Waals surface area contributed by atoms with Crippen LogP contribution in [0.4, 0.5) is 4.79 Å². The van der Waals surface area contributed by atoms with Crippen LogP contribution in [0.3, 0.4) is 0 Å². The molecule has 1 N–H and O–H groups in total. The lowest BCUT2D eigenvalue weighted by Crippen LogP contribution is -2.53. The Labute approximate surface area is 201 Å². The first-order valence-corrected chi connectivity index (χ1v) is 12.5. The van der Waals surface area contributed by atoms with Crippen LogP contribution in [-0.2, 0) is 11.2 Å². The van der Waals surface area contributed by atoms with Crippen molar-refractivity contribution < 1.29 is 14.3 Å². The molecule has 0 saturated carbocycles. The molecule has 3 saturated heterocycles. The molecule has 33 heavy (non-hydrogen) atoms. The van der Waals surface area contributed by atoms with Gasteiger partial charge in [0.2, 0.25) is 0 Å². The van der Waals surface area contributed by atoms with Crippen molar-refractivity contribution in [2.45, 2.75) is 52.2 Å². The van der Waals surface area contributed by atoms with E-state index >= 15 is 0 Å². The molecule has 2 atom stereocenters. The standard InChI is InChI=1S/C27H33ClN2O3/c1-4-32-20-6-8-23(28)22(14-20)18-5-7-21-19(13-18)15-27(2,3)25(21)29-26(31)33-24-16-30-11-9-17(24)10-12-30/h5-8,13-14,17,24-25H,4,9-12,15-16H2,1-3H3,(H,29,31)/t24-,25?/m0/s1. The fourth-order valence-corrected chi connectivity index (χ4v) is 6.04. The maximum Gasteiger partial charge on any atom is 0.407 e. The number of hydrogen-bond acceptors (Lipinski definition) is 4. The van der Waals surface area contributed by atoms with E-state index in [0.29, 0.717) is 17.5 Å². The number of nitrogens with one attached hydrogen (secondary N) is 1. The molecule has 3 aliphatic heterocycles. The third-order valence-electron chi connectivity index (χ3n) is 7.56. The molecule has 2 bridgehead atoms. The smallest absolute Gasteiger partial charge is 0.407 e. The molecule has 6 heteroatoms. The number of ether oxygens (including phenoxy) is 2. The fourth-order valence-electron chi connectivity index (χ4n) is 5.81. The van der Waals surface area contributed by atoms with Gasteiger partial charge in [0.25, 0.3) is 0 Å². The Kier molecular flexibility index (Phi) is 6.04. The van der Waals surface area contributed by atoms with E-state index in [2.05, 4.69) is 42.3 Å². The van der Waals surface area contributed by atoms with Gasteiger partial charge >= 0.3 is 6.09 Å². The van der Waals surface area contributed by atoms with Crippen LogP contribution in [0.2, 0.25) is 5.02 Å². The van der Waals surface area contributed by atoms with Crippen LogP contribution < -0.4 is 10.1 Å². The number of benzene rings is 2. The fraction of sp³-hybridized carbons (Fsp3) is 0.519. The lowest BCUT2D eigenvalue weighted by atomic mass is 9.85. The number of piperidine rings is 3. The number of amides is 1. The van der Waals surface area contributed by atoms with Crippen molar-refractivity contribution in [1.29, 1.82) is 0 Å². The predicted molar refractivity (Wildman–Crippen MR) is 131 cm³/mol. The summed E-state index contributed by atoms with van der Waals surface area (Å²) in [7, 11) is 0. The molecular formula is C27H33ClN2O3. The number of fused-ring (bicyclic) bond motifs is 4. The van der Waals surface area contributed by atoms with Crippen molar-refractivity contribution in [2.75, 3.05) is 26.2 Å². The summed E-state index contributed by atoms with van der Waals surface area (Å²) in [6, 6.07) is 12.1. The van der Waals surface area contributed by atoms with Crippen molar-refractivity contribution in [3.8, 4) is 16.9 Å². The summed E-state index contributed by atoms with van der Waals surface area (Å²) in [6.45, 7) is 10.1. The summed E-state index contributed by atoms with van der Waals surface area (Å²) in [5.74, 6) is 1.32. The van der Waals surface area contributed by atoms with Gasteiger partial charge in [0, 0.05) is 17.1 Å². The minimum atomic E-state index is -0.295. The van der Waals surface area contributed by atoms with Crippen LogP contribution in [0.15, 0.2) is 36.4 Å². The van der Waals surface area contributed by atoms with E-state index in [0.717, 1.165) is 61.3 Å². The van der Waals surface area contributed by atoms with Crippen molar-refractivity contribution in [3.63, 3.8) is 0 Å². The Bertz CT molecular complexity index is 1050. The number of alkyl carbamates (subject to hydrolysis) is 1. The summed E-state index contributed by atoms with van der Waals surface area (Å²) < 4.78 is 11.6. The second kappa shape index (κ2) is 8.84. The van der Waals surface area contributed by atoms with E-state index in [4.69, 9.17) is 21.1 Å². The average Bonchev–Trinajstić information content (AvgIpc) is 3.04. The third-order valence-corrected chi connectivity index (χ3v) is 7.89. The number of nitrogens with zero attached hydrogens (tertiary/aromatic N) is 1. The Morgan fingerprint density at radius 2 is 1.97 bits per heavy atom. The average molecular weight is 469 g/mol. The highest BCUT2D eigenvalue weighted by molar-refractivity contribution is 6.33. The van der Waals surface area contributed by atoms with Gasteiger partial charge in [-0.05, 0) is 85.5 Å². The molecule has 1 unspecified atom stereocenters. The third kappa shape index (κ3) is 4.45. The van der Waals surface area contributed by atoms with E-state index in [9.17, 15) is 4.79 Å². The number of carbonyl (C=O) groups excluding carboxylic acids is 1. The van der Waals surface area contributed by atoms with Gasteiger partial charge in [-0.15, -0.1) is 0 Å². The molecule has 0 spiro atoms. The first-order chi connectivity index (χ1) is 15.8. The zero-order valence-corrected chi connectivity index (χ0v) is 20.5. The minimum absolute atomic E-state index is 0.0126. The maximum absolute atomic E-state index is 12.9. The molecule has 0 radical (unpaired) electrons. The van der Waals surface area contributed by atoms with Gasteiger partial charge in [-0.3, -0.25) is 4.90 Å². The summed E-state index contributed by atoms with van der Waals surface area (Å²) in [6.07, 6.45) is 2.86. The van der Waals surface area contributed by atoms with E-state index in [1.165, 1.54) is 5.56 Å². The van der Waals surface area contributed by atoms with Gasteiger partial charge in [0.15, 0.2) is 0 Å². The van der Waals surface area contributed by atoms with Crippen molar-refractivity contribution >= 4 is 17.7 Å². The monoisotopic (exact) mass is 468 g/mol. The van der Waals surface area contributed by atoms with Crippen LogP contribution in [0.5, 0.6) is 5.75 Å². The quantitative estimate of drug-likeness (QED) is 0.598. The van der Waals surface area contributed by atoms with E-state index in [1.807, 2.05) is 25.1 Å². The maximum atomic E-state index is 12.9. The number of carbonyl (C=O) groups is 1. The molecular weight excluding hydrogens is 436 g/mol. The van der Waals surface area contributed by atoms with Crippen LogP contribution in [0.1, 0.15) is 50.8 Å². The van der Waals surface area contributed by atoms with Crippen molar-refractivity contribution in [1.82, 2.24) is 10.2 Å². The summed E-state index contributed by atoms with van der Waals surface area (Å²) >= 11 is 6.52. The van der Waals surface area contributed by atoms with Crippen LogP contribution in [0, 0.1) is 11.3 Å². The van der Waals surface area contributed by atoms with E-state index in [1.54, 1.807) is 0 Å². The topological polar surface area (TPSA) is 50.8 Å². The van der Waals surface area contributed by atoms with Crippen LogP contribution in [0.25, 0.3) is 11.1 Å². The van der Waals surface area contributed by atoms with Gasteiger partial charge in [0.05, 0.1) is 12.6 Å². The van der Waals surface area contributed by atoms with E-state index < -0.39 is 0 Å². The Balaban J connectivity index is 1.34. The predicted octanol–water partition coefficient (Wildman–Crippen LogP) is 5.85. The summed E-state index contributed by atoms with van der Waals surface area (Å²) in [5, 5.41) is 3.90. The molecule has 3 fully saturated rings. The van der Waals surface area contributed by atoms with Crippen molar-refractivity contribution in [3.05, 3.63) is 52.5 Å². The number of halogens is 1. The van der Waals surface area contributed by atoms with Gasteiger partial charge in [-0.1, -0.05) is 43.6 Å². The van der Waals surface area contributed by atoms with Crippen LogP contribution >= 0.6 is 11.6 Å². The highest BCUT2D eigenvalue weighted by atomic mass is 35.5. The molecule has 5 nitrogen and oxygen atoms in total. The molecule has 4 aliphatic rings. The lowest BCUT2D eigenvalue weighted by molar-refractivity contribution is -0.0348. The Hall–Kier alpha value is -2.24. The first-order valence-electron chi connectivity index (χ1n) is 12.1. The van der Waals surface area contributed by atoms with Gasteiger partial charge in [-0.25, -0.2) is 4.79 Å². The SMILES string of the molecule is CCOc1ccc(Cl)c(-c2ccc3c(c2)CC(C)(C)C3NC(=O)O[C@H]2CN3CCC2CC3)c1. The highest BCUT2D eigenvalue weighted by Crippen LogP contribution is 2.47. The summed E-state index contributed by atoms with van der Waals surface area (Å²) in [5.41, 5.74) is 4.31. The van der Waals surface area contributed by atoms with Crippen LogP contribution in [-0.4, -0.2) is 43.3 Å². The molecule has 1 amide bonds. The summed E-state index contributed by atoms with van der Waals surface area (Å²) in [4.78, 5) is 15.3. The minimum Gasteiger partial charge on any atom is -0.494 e. The number of rotatable bonds is 5. The molecule has 3 heterocycles. The molecule has 2 aromatic carbocycles. The second-order valence-corrected chi connectivity index (χ2v) is 10.7. The molecule has 2 aromatic rings. The Morgan fingerprint density at radius 1 is 1.18 bits per heavy atom. The van der Waals surface area contributed by atoms with Gasteiger partial charge in [-0.2, -0.15) is 0 Å².